The molecular formula is C22H21Cl2N3O6. The van der Waals surface area contributed by atoms with E-state index >= 15 is 0 Å². The van der Waals surface area contributed by atoms with Crippen LogP contribution in [0.5, 0.6) is 11.5 Å². The van der Waals surface area contributed by atoms with Crippen molar-refractivity contribution in [1.29, 1.82) is 0 Å². The third kappa shape index (κ3) is 5.74. The molecule has 1 aromatic carbocycles. The minimum atomic E-state index is -0.716. The number of nitrogens with one attached hydrogen (secondary N) is 1. The van der Waals surface area contributed by atoms with E-state index in [1.54, 1.807) is 19.9 Å². The summed E-state index contributed by atoms with van der Waals surface area (Å²) in [7, 11) is 1.45. The highest BCUT2D eigenvalue weighted by Gasteiger charge is 2.17. The Morgan fingerprint density at radius 3 is 2.58 bits per heavy atom. The molecule has 2 heterocycles. The number of nitrogens with zero attached hydrogens (tertiary/aromatic N) is 2. The Bertz CT molecular complexity index is 1180. The molecule has 1 N–H and O–H groups in total. The van der Waals surface area contributed by atoms with E-state index in [2.05, 4.69) is 15.5 Å². The summed E-state index contributed by atoms with van der Waals surface area (Å²) in [6, 6.07) is 4.55. The number of halogens is 2. The summed E-state index contributed by atoms with van der Waals surface area (Å²) in [5, 5.41) is 6.95. The van der Waals surface area contributed by atoms with Gasteiger partial charge in [-0.15, -0.1) is 0 Å². The molecule has 9 nitrogen and oxygen atoms in total. The van der Waals surface area contributed by atoms with Crippen molar-refractivity contribution in [2.45, 2.75) is 27.4 Å². The maximum Gasteiger partial charge on any atom is 0.338 e. The van der Waals surface area contributed by atoms with Gasteiger partial charge in [0.15, 0.2) is 23.9 Å². The zero-order chi connectivity index (χ0) is 24.1. The van der Waals surface area contributed by atoms with Crippen molar-refractivity contribution >= 4 is 40.9 Å². The van der Waals surface area contributed by atoms with Crippen LogP contribution in [0.25, 0.3) is 0 Å². The van der Waals surface area contributed by atoms with Crippen molar-refractivity contribution in [3.05, 3.63) is 62.6 Å². The Balaban J connectivity index is 1.60. The molecule has 0 unspecified atom stereocenters. The second-order valence-corrected chi connectivity index (χ2v) is 7.76. The highest BCUT2D eigenvalue weighted by Crippen LogP contribution is 2.30. The molecule has 0 bridgehead atoms. The van der Waals surface area contributed by atoms with Gasteiger partial charge in [-0.25, -0.2) is 9.78 Å². The first-order valence-electron chi connectivity index (χ1n) is 9.71. The Hall–Kier alpha value is -3.30. The van der Waals surface area contributed by atoms with E-state index in [9.17, 15) is 9.59 Å². The van der Waals surface area contributed by atoms with Crippen LogP contribution in [0.3, 0.4) is 0 Å². The third-order valence-electron chi connectivity index (χ3n) is 4.75. The van der Waals surface area contributed by atoms with Crippen molar-refractivity contribution in [2.24, 2.45) is 0 Å². The monoisotopic (exact) mass is 493 g/mol. The molecule has 0 saturated heterocycles. The summed E-state index contributed by atoms with van der Waals surface area (Å²) < 4.78 is 21.3. The van der Waals surface area contributed by atoms with Crippen LogP contribution in [-0.2, 0) is 16.1 Å². The number of hydrogen-bond acceptors (Lipinski definition) is 8. The van der Waals surface area contributed by atoms with Gasteiger partial charge in [-0.2, -0.15) is 0 Å². The average Bonchev–Trinajstić information content (AvgIpc) is 3.13. The summed E-state index contributed by atoms with van der Waals surface area (Å²) in [5.41, 5.74) is 2.32. The van der Waals surface area contributed by atoms with E-state index in [1.165, 1.54) is 25.4 Å². The first-order chi connectivity index (χ1) is 15.7. The summed E-state index contributed by atoms with van der Waals surface area (Å²) in [6.07, 6.45) is 1.37. The largest absolute Gasteiger partial charge is 0.493 e. The van der Waals surface area contributed by atoms with Crippen LogP contribution in [0, 0.1) is 20.8 Å². The van der Waals surface area contributed by atoms with Crippen LogP contribution in [0.4, 0.5) is 5.82 Å². The zero-order valence-electron chi connectivity index (χ0n) is 18.3. The number of pyridine rings is 1. The van der Waals surface area contributed by atoms with Crippen LogP contribution in [0.2, 0.25) is 10.0 Å². The molecule has 0 aliphatic heterocycles. The Kier molecular flexibility index (Phi) is 7.78. The maximum atomic E-state index is 12.4. The minimum absolute atomic E-state index is 0.126. The Morgan fingerprint density at radius 1 is 1.15 bits per heavy atom. The molecule has 0 fully saturated rings. The number of carbonyl (C=O) groups excluding carboxylic acids is 2. The third-order valence-corrected chi connectivity index (χ3v) is 5.59. The summed E-state index contributed by atoms with van der Waals surface area (Å²) in [6.45, 7) is 4.99. The van der Waals surface area contributed by atoms with Crippen LogP contribution >= 0.6 is 23.2 Å². The molecule has 3 rings (SSSR count). The topological polar surface area (TPSA) is 113 Å². The standard InChI is InChI=1S/C22H21Cl2N3O6/c1-11-16(23)8-25-21(20(11)24)26-19(28)10-32-22(29)14-5-6-17(18(7-14)30-4)31-9-15-12(2)27-33-13(15)3/h5-8H,9-10H2,1-4H3,(H,25,26,28). The van der Waals surface area contributed by atoms with Gasteiger partial charge < -0.3 is 24.1 Å². The molecule has 3 aromatic rings. The Morgan fingerprint density at radius 2 is 1.91 bits per heavy atom. The van der Waals surface area contributed by atoms with Gasteiger partial charge in [0, 0.05) is 6.20 Å². The predicted octanol–water partition coefficient (Wildman–Crippen LogP) is 4.68. The van der Waals surface area contributed by atoms with Gasteiger partial charge in [0.1, 0.15) is 12.4 Å². The van der Waals surface area contributed by atoms with Gasteiger partial charge in [-0.05, 0) is 44.5 Å². The first-order valence-corrected chi connectivity index (χ1v) is 10.5. The SMILES string of the molecule is COc1cc(C(=O)OCC(=O)Nc2ncc(Cl)c(C)c2Cl)ccc1OCc1c(C)noc1C. The quantitative estimate of drug-likeness (QED) is 0.449. The number of carbonyl (C=O) groups is 2. The lowest BCUT2D eigenvalue weighted by Crippen LogP contribution is -2.21. The molecule has 0 saturated carbocycles. The fourth-order valence-electron chi connectivity index (χ4n) is 2.80. The zero-order valence-corrected chi connectivity index (χ0v) is 19.8. The van der Waals surface area contributed by atoms with E-state index in [1.807, 2.05) is 6.92 Å². The summed E-state index contributed by atoms with van der Waals surface area (Å²) >= 11 is 12.1. The molecule has 11 heteroatoms. The average molecular weight is 494 g/mol. The van der Waals surface area contributed by atoms with Gasteiger partial charge in [0.2, 0.25) is 0 Å². The van der Waals surface area contributed by atoms with Crippen LogP contribution in [0.1, 0.15) is 32.9 Å². The number of anilines is 1. The lowest BCUT2D eigenvalue weighted by atomic mass is 10.2. The van der Waals surface area contributed by atoms with Gasteiger partial charge in [0.05, 0.1) is 34.0 Å². The van der Waals surface area contributed by atoms with Crippen LogP contribution in [-0.4, -0.2) is 35.7 Å². The number of esters is 1. The summed E-state index contributed by atoms with van der Waals surface area (Å²) in [4.78, 5) is 28.5. The van der Waals surface area contributed by atoms with E-state index in [0.717, 1.165) is 11.3 Å². The van der Waals surface area contributed by atoms with Gasteiger partial charge >= 0.3 is 5.97 Å². The number of methoxy groups -OCH3 is 1. The van der Waals surface area contributed by atoms with Crippen molar-refractivity contribution in [3.63, 3.8) is 0 Å². The molecule has 0 radical (unpaired) electrons. The van der Waals surface area contributed by atoms with Crippen LogP contribution in [0.15, 0.2) is 28.9 Å². The number of amides is 1. The molecule has 0 spiro atoms. The number of rotatable bonds is 8. The van der Waals surface area contributed by atoms with Crippen molar-refractivity contribution in [2.75, 3.05) is 19.0 Å². The first kappa shape index (κ1) is 24.3. The second kappa shape index (κ2) is 10.5. The Labute approximate surface area is 199 Å². The highest BCUT2D eigenvalue weighted by molar-refractivity contribution is 6.37. The van der Waals surface area contributed by atoms with Crippen molar-refractivity contribution in [1.82, 2.24) is 10.1 Å². The normalized spacial score (nSPS) is 10.6. The molecule has 0 aliphatic carbocycles. The fraction of sp³-hybridized carbons (Fsp3) is 0.273. The van der Waals surface area contributed by atoms with Crippen molar-refractivity contribution in [3.8, 4) is 11.5 Å². The number of ether oxygens (including phenoxy) is 3. The van der Waals surface area contributed by atoms with E-state index in [0.29, 0.717) is 27.8 Å². The van der Waals surface area contributed by atoms with E-state index < -0.39 is 18.5 Å². The van der Waals surface area contributed by atoms with Gasteiger partial charge in [0.25, 0.3) is 5.91 Å². The second-order valence-electron chi connectivity index (χ2n) is 6.98. The summed E-state index contributed by atoms with van der Waals surface area (Å²) in [5.74, 6) is 0.216. The van der Waals surface area contributed by atoms with Gasteiger partial charge in [-0.3, -0.25) is 4.79 Å². The minimum Gasteiger partial charge on any atom is -0.493 e. The lowest BCUT2D eigenvalue weighted by Gasteiger charge is -2.12. The molecule has 0 aliphatic rings. The molecule has 0 atom stereocenters. The lowest BCUT2D eigenvalue weighted by molar-refractivity contribution is -0.119. The van der Waals surface area contributed by atoms with E-state index in [4.69, 9.17) is 41.9 Å². The molecule has 1 amide bonds. The molecule has 2 aromatic heterocycles. The number of benzene rings is 1. The number of aryl methyl sites for hydroxylation is 2. The van der Waals surface area contributed by atoms with Gasteiger partial charge in [-0.1, -0.05) is 28.4 Å². The number of aromatic nitrogens is 2. The van der Waals surface area contributed by atoms with E-state index in [-0.39, 0.29) is 23.0 Å². The maximum absolute atomic E-state index is 12.4. The molecular weight excluding hydrogens is 473 g/mol. The fourth-order valence-corrected chi connectivity index (χ4v) is 3.19. The number of hydrogen-bond donors (Lipinski definition) is 1. The smallest absolute Gasteiger partial charge is 0.338 e. The molecule has 33 heavy (non-hydrogen) atoms. The molecule has 174 valence electrons. The predicted molar refractivity (Wildman–Crippen MR) is 121 cm³/mol. The van der Waals surface area contributed by atoms with Crippen LogP contribution < -0.4 is 14.8 Å². The van der Waals surface area contributed by atoms with Crippen molar-refractivity contribution < 1.29 is 28.3 Å². The highest BCUT2D eigenvalue weighted by atomic mass is 35.5.